The fourth-order valence-corrected chi connectivity index (χ4v) is 0.144. The summed E-state index contributed by atoms with van der Waals surface area (Å²) in [5.74, 6) is 0. The summed E-state index contributed by atoms with van der Waals surface area (Å²) in [6.07, 6.45) is 0.870. The number of rotatable bonds is 3. The van der Waals surface area contributed by atoms with Crippen LogP contribution in [-0.2, 0) is 14.1 Å². The van der Waals surface area contributed by atoms with Crippen LogP contribution < -0.4 is 18.9 Å². The smallest absolute Gasteiger partial charge is 0.653 e. The van der Waals surface area contributed by atoms with Crippen molar-refractivity contribution < 1.29 is 42.7 Å². The molecule has 0 bridgehead atoms. The maximum absolute atomic E-state index is 9.22. The third-order valence-corrected chi connectivity index (χ3v) is 0.365. The third kappa shape index (κ3) is 69.2. The molecule has 0 fully saturated rings. The van der Waals surface area contributed by atoms with Crippen molar-refractivity contribution in [2.45, 2.75) is 13.3 Å². The molecule has 0 aliphatic rings. The summed E-state index contributed by atoms with van der Waals surface area (Å²) in [5.41, 5.74) is 0. The minimum Gasteiger partial charge on any atom is -0.653 e. The van der Waals surface area contributed by atoms with E-state index in [0.29, 0.717) is 6.61 Å². The first-order valence-corrected chi connectivity index (χ1v) is 3.65. The van der Waals surface area contributed by atoms with Crippen molar-refractivity contribution in [2.75, 3.05) is 6.61 Å². The van der Waals surface area contributed by atoms with E-state index in [0.717, 1.165) is 6.42 Å². The Kier molecular flexibility index (Phi) is 26.0. The van der Waals surface area contributed by atoms with E-state index in [1.165, 1.54) is 6.47 Å². The van der Waals surface area contributed by atoms with E-state index >= 15 is 0 Å². The van der Waals surface area contributed by atoms with Crippen LogP contribution in [0.3, 0.4) is 0 Å². The fraction of sp³-hybridized carbons (Fsp3) is 0.750. The number of hydrogen-bond acceptors (Lipinski definition) is 3. The van der Waals surface area contributed by atoms with Gasteiger partial charge in [0.05, 0.1) is 0 Å². The van der Waals surface area contributed by atoms with E-state index in [9.17, 15) is 4.79 Å². The SMILES string of the molecule is CCCO[C-]=O.O=[P+](O)O.[Li+]. The molecule has 60 valence electrons. The average molecular weight is 175 g/mol. The predicted octanol–water partition coefficient (Wildman–Crippen LogP) is -2.89. The van der Waals surface area contributed by atoms with Crippen LogP contribution in [0.25, 0.3) is 0 Å². The van der Waals surface area contributed by atoms with E-state index in [2.05, 4.69) is 4.74 Å². The molecular weight excluding hydrogens is 166 g/mol. The van der Waals surface area contributed by atoms with Crippen molar-refractivity contribution in [3.05, 3.63) is 0 Å². The maximum atomic E-state index is 9.22. The van der Waals surface area contributed by atoms with Crippen LogP contribution in [0.2, 0.25) is 0 Å². The quantitative estimate of drug-likeness (QED) is 0.208. The van der Waals surface area contributed by atoms with Crippen LogP contribution in [0.15, 0.2) is 0 Å². The summed E-state index contributed by atoms with van der Waals surface area (Å²) in [7, 11) is -2.87. The molecule has 0 rings (SSSR count). The molecule has 5 nitrogen and oxygen atoms in total. The van der Waals surface area contributed by atoms with Gasteiger partial charge in [0.15, 0.2) is 0 Å². The molecule has 7 heteroatoms. The fourth-order valence-electron chi connectivity index (χ4n) is 0.144. The Bertz CT molecular complexity index is 94.5. The van der Waals surface area contributed by atoms with Crippen LogP contribution in [0.5, 0.6) is 0 Å². The van der Waals surface area contributed by atoms with Gasteiger partial charge in [-0.25, -0.2) is 0 Å². The maximum Gasteiger partial charge on any atom is 1.00 e. The zero-order valence-corrected chi connectivity index (χ0v) is 7.38. The van der Waals surface area contributed by atoms with Gasteiger partial charge in [0.2, 0.25) is 0 Å². The molecule has 0 heterocycles. The number of ether oxygens (including phenoxy) is 1. The molecule has 0 aromatic rings. The van der Waals surface area contributed by atoms with Gasteiger partial charge >= 0.3 is 27.1 Å². The topological polar surface area (TPSA) is 83.8 Å². The molecule has 0 radical (unpaired) electrons. The Morgan fingerprint density at radius 2 is 1.91 bits per heavy atom. The summed E-state index contributed by atoms with van der Waals surface area (Å²) in [4.78, 5) is 23.5. The second kappa shape index (κ2) is 16.6. The van der Waals surface area contributed by atoms with Crippen molar-refractivity contribution in [1.82, 2.24) is 0 Å². The largest absolute Gasteiger partial charge is 1.00 e. The first kappa shape index (κ1) is 17.2. The standard InChI is InChI=1S/C4H7O2.Li.HO3P/c1-2-3-6-4-5;;1-4(2)3/h2-3H2,1H3;;(H-,1,2,3)/q-1;+1;/p+1. The van der Waals surface area contributed by atoms with Crippen LogP contribution in [0, 0.1) is 0 Å². The Balaban J connectivity index is -0.000000114. The number of hydrogen-bond donors (Lipinski definition) is 2. The Morgan fingerprint density at radius 3 is 2.00 bits per heavy atom. The van der Waals surface area contributed by atoms with Crippen molar-refractivity contribution >= 4 is 14.7 Å². The molecular formula is C4H9LiO5P+. The Hall–Kier alpha value is 0.0874. The molecule has 0 spiro atoms. The van der Waals surface area contributed by atoms with Gasteiger partial charge in [-0.2, -0.15) is 0 Å². The predicted molar refractivity (Wildman–Crippen MR) is 34.0 cm³/mol. The molecule has 0 amide bonds. The van der Waals surface area contributed by atoms with E-state index in [1.54, 1.807) is 0 Å². The van der Waals surface area contributed by atoms with E-state index in [-0.39, 0.29) is 18.9 Å². The minimum atomic E-state index is -2.87. The molecule has 2 N–H and O–H groups in total. The normalized spacial score (nSPS) is 6.45. The van der Waals surface area contributed by atoms with Gasteiger partial charge in [0, 0.05) is 11.2 Å². The Morgan fingerprint density at radius 1 is 1.55 bits per heavy atom. The van der Waals surface area contributed by atoms with E-state index in [4.69, 9.17) is 14.4 Å². The second-order valence-corrected chi connectivity index (χ2v) is 1.69. The summed E-state index contributed by atoms with van der Waals surface area (Å²) >= 11 is 0. The summed E-state index contributed by atoms with van der Waals surface area (Å²) in [5, 5.41) is 0. The number of carbonyl (C=O) groups excluding carboxylic acids is 1. The summed E-state index contributed by atoms with van der Waals surface area (Å²) < 4.78 is 12.9. The second-order valence-electron chi connectivity index (χ2n) is 1.18. The first-order chi connectivity index (χ1) is 4.65. The Labute approximate surface area is 77.9 Å². The molecule has 0 unspecified atom stereocenters. The van der Waals surface area contributed by atoms with Crippen LogP contribution in [0.4, 0.5) is 0 Å². The zero-order valence-electron chi connectivity index (χ0n) is 6.48. The van der Waals surface area contributed by atoms with Gasteiger partial charge in [-0.05, 0) is 6.42 Å². The molecule has 0 saturated carbocycles. The van der Waals surface area contributed by atoms with Crippen molar-refractivity contribution in [3.8, 4) is 0 Å². The van der Waals surface area contributed by atoms with Crippen molar-refractivity contribution in [1.29, 1.82) is 0 Å². The molecule has 0 aliphatic carbocycles. The van der Waals surface area contributed by atoms with E-state index in [1.807, 2.05) is 6.92 Å². The molecule has 0 aromatic heterocycles. The first-order valence-electron chi connectivity index (χ1n) is 2.49. The van der Waals surface area contributed by atoms with Crippen LogP contribution in [0.1, 0.15) is 13.3 Å². The molecule has 0 aromatic carbocycles. The van der Waals surface area contributed by atoms with Crippen molar-refractivity contribution in [2.24, 2.45) is 0 Å². The average Bonchev–Trinajstić information content (AvgIpc) is 1.82. The third-order valence-electron chi connectivity index (χ3n) is 0.365. The molecule has 11 heavy (non-hydrogen) atoms. The monoisotopic (exact) mass is 175 g/mol. The van der Waals surface area contributed by atoms with Gasteiger partial charge in [-0.3, -0.25) is 0 Å². The molecule has 0 atom stereocenters. The van der Waals surface area contributed by atoms with Gasteiger partial charge in [0.25, 0.3) is 0 Å². The van der Waals surface area contributed by atoms with E-state index < -0.39 is 8.25 Å². The minimum absolute atomic E-state index is 0. The summed E-state index contributed by atoms with van der Waals surface area (Å²) in [6, 6.07) is 0. The van der Waals surface area contributed by atoms with Gasteiger partial charge < -0.3 is 9.53 Å². The van der Waals surface area contributed by atoms with Crippen LogP contribution in [-0.4, -0.2) is 22.9 Å². The zero-order chi connectivity index (χ0) is 8.41. The van der Waals surface area contributed by atoms with Gasteiger partial charge in [-0.15, -0.1) is 9.79 Å². The van der Waals surface area contributed by atoms with Crippen LogP contribution >= 0.6 is 8.25 Å². The molecule has 0 aliphatic heterocycles. The summed E-state index contributed by atoms with van der Waals surface area (Å²) in [6.45, 7) is 3.74. The van der Waals surface area contributed by atoms with Gasteiger partial charge in [-0.1, -0.05) is 13.4 Å². The van der Waals surface area contributed by atoms with Crippen molar-refractivity contribution in [3.63, 3.8) is 0 Å². The van der Waals surface area contributed by atoms with Gasteiger partial charge in [0.1, 0.15) is 0 Å². The molecule has 0 saturated heterocycles.